The lowest BCUT2D eigenvalue weighted by atomic mass is 10.0. The van der Waals surface area contributed by atoms with Crippen molar-refractivity contribution in [2.45, 2.75) is 38.4 Å². The number of hydrogen-bond acceptors (Lipinski definition) is 9. The van der Waals surface area contributed by atoms with E-state index >= 15 is 0 Å². The molecular weight excluding hydrogens is 626 g/mol. The molecular formula is C37H36ClN7O3. The Hall–Kier alpha value is -5.13. The number of halogens is 1. The molecule has 4 aromatic rings. The number of rotatable bonds is 9. The number of ether oxygens (including phenoxy) is 2. The molecule has 3 N–H and O–H groups in total. The van der Waals surface area contributed by atoms with Gasteiger partial charge in [0.2, 0.25) is 5.91 Å². The maximum atomic E-state index is 13.3. The highest BCUT2D eigenvalue weighted by atomic mass is 35.5. The number of fused-ring (bicyclic) bond motifs is 1. The summed E-state index contributed by atoms with van der Waals surface area (Å²) in [7, 11) is 2.10. The maximum Gasteiger partial charge on any atom is 0.248 e. The molecule has 0 bridgehead atoms. The molecule has 1 amide bonds. The predicted molar refractivity (Wildman–Crippen MR) is 187 cm³/mol. The summed E-state index contributed by atoms with van der Waals surface area (Å²) < 4.78 is 12.4. The molecule has 0 atom stereocenters. The number of pyridine rings is 1. The minimum Gasteiger partial charge on any atom is -0.488 e. The van der Waals surface area contributed by atoms with E-state index < -0.39 is 0 Å². The maximum absolute atomic E-state index is 13.3. The third-order valence-electron chi connectivity index (χ3n) is 8.59. The van der Waals surface area contributed by atoms with Crippen molar-refractivity contribution in [3.8, 4) is 23.6 Å². The zero-order chi connectivity index (χ0) is 33.5. The molecule has 48 heavy (non-hydrogen) atoms. The smallest absolute Gasteiger partial charge is 0.248 e. The van der Waals surface area contributed by atoms with Crippen LogP contribution in [0.2, 0.25) is 5.02 Å². The second-order valence-electron chi connectivity index (χ2n) is 12.0. The number of anilines is 3. The van der Waals surface area contributed by atoms with Crippen molar-refractivity contribution < 1.29 is 14.3 Å². The van der Waals surface area contributed by atoms with E-state index in [9.17, 15) is 10.1 Å². The number of benzene rings is 3. The van der Waals surface area contributed by atoms with Crippen LogP contribution in [0.5, 0.6) is 11.5 Å². The normalized spacial score (nSPS) is 15.3. The van der Waals surface area contributed by atoms with Crippen LogP contribution in [0.4, 0.5) is 17.1 Å². The zero-order valence-corrected chi connectivity index (χ0v) is 27.4. The van der Waals surface area contributed by atoms with Gasteiger partial charge < -0.3 is 30.3 Å². The van der Waals surface area contributed by atoms with Crippen LogP contribution in [0.25, 0.3) is 10.9 Å². The van der Waals surface area contributed by atoms with E-state index in [1.807, 2.05) is 30.3 Å². The fourth-order valence-corrected chi connectivity index (χ4v) is 6.12. The van der Waals surface area contributed by atoms with Crippen molar-refractivity contribution in [1.29, 1.82) is 10.5 Å². The average molecular weight is 662 g/mol. The molecule has 244 valence electrons. The van der Waals surface area contributed by atoms with E-state index in [2.05, 4.69) is 45.0 Å². The molecule has 0 aliphatic carbocycles. The van der Waals surface area contributed by atoms with E-state index in [1.165, 1.54) is 6.20 Å². The quantitative estimate of drug-likeness (QED) is 0.168. The van der Waals surface area contributed by atoms with Crippen LogP contribution in [0.1, 0.15) is 42.4 Å². The molecule has 0 spiro atoms. The first kappa shape index (κ1) is 32.8. The third-order valence-corrected chi connectivity index (χ3v) is 8.88. The summed E-state index contributed by atoms with van der Waals surface area (Å²) in [5.74, 6) is 0.802. The first-order chi connectivity index (χ1) is 23.4. The Morgan fingerprint density at radius 2 is 1.79 bits per heavy atom. The van der Waals surface area contributed by atoms with E-state index in [-0.39, 0.29) is 18.6 Å². The van der Waals surface area contributed by atoms with Crippen molar-refractivity contribution >= 4 is 45.5 Å². The van der Waals surface area contributed by atoms with E-state index in [1.54, 1.807) is 30.3 Å². The zero-order valence-electron chi connectivity index (χ0n) is 26.7. The Bertz CT molecular complexity index is 1910. The van der Waals surface area contributed by atoms with E-state index in [0.717, 1.165) is 63.0 Å². The van der Waals surface area contributed by atoms with Crippen LogP contribution < -0.4 is 25.4 Å². The molecule has 3 aromatic carbocycles. The summed E-state index contributed by atoms with van der Waals surface area (Å²) in [4.78, 5) is 20.3. The monoisotopic (exact) mass is 661 g/mol. The standard InChI is InChI=1S/C37H36ClN7O3/c1-45-16-12-29(13-17-45)48-33-9-7-30-35(27(21-40)22-42-36(30)37(33)44-34(46)18-24-10-14-41-15-11-24)43-28-6-8-32(31(38)19-28)47-23-26-4-2-25(20-39)3-5-26/h2-9,18-19,22,29,41H,10-17,23H2,1H3,(H,42,43)(H,44,46). The number of piperidine rings is 2. The average Bonchev–Trinajstić information content (AvgIpc) is 3.10. The Morgan fingerprint density at radius 1 is 1.04 bits per heavy atom. The van der Waals surface area contributed by atoms with Gasteiger partial charge in [0.1, 0.15) is 36.0 Å². The summed E-state index contributed by atoms with van der Waals surface area (Å²) in [6.45, 7) is 3.84. The van der Waals surface area contributed by atoms with Gasteiger partial charge in [-0.15, -0.1) is 0 Å². The van der Waals surface area contributed by atoms with Crippen LogP contribution in [-0.4, -0.2) is 55.1 Å². The number of nitriles is 2. The second kappa shape index (κ2) is 15.2. The van der Waals surface area contributed by atoms with Gasteiger partial charge in [-0.2, -0.15) is 10.5 Å². The first-order valence-electron chi connectivity index (χ1n) is 16.0. The summed E-state index contributed by atoms with van der Waals surface area (Å²) in [6, 6.07) is 20.5. The lowest BCUT2D eigenvalue weighted by molar-refractivity contribution is -0.112. The van der Waals surface area contributed by atoms with Crippen molar-refractivity contribution in [3.05, 3.63) is 94.2 Å². The van der Waals surface area contributed by atoms with E-state index in [4.69, 9.17) is 26.3 Å². The molecule has 0 radical (unpaired) electrons. The minimum atomic E-state index is -0.239. The SMILES string of the molecule is CN1CCC(Oc2ccc3c(Nc4ccc(OCc5ccc(C#N)cc5)c(Cl)c4)c(C#N)cnc3c2NC(=O)C=C2CCNCC2)CC1. The minimum absolute atomic E-state index is 0.00726. The summed E-state index contributed by atoms with van der Waals surface area (Å²) in [5, 5.41) is 29.9. The Labute approximate surface area is 284 Å². The highest BCUT2D eigenvalue weighted by molar-refractivity contribution is 6.32. The second-order valence-corrected chi connectivity index (χ2v) is 12.4. The molecule has 0 saturated carbocycles. The van der Waals surface area contributed by atoms with Gasteiger partial charge in [0, 0.05) is 36.4 Å². The highest BCUT2D eigenvalue weighted by Crippen LogP contribution is 2.40. The molecule has 10 nitrogen and oxygen atoms in total. The summed E-state index contributed by atoms with van der Waals surface area (Å²) in [5.41, 5.74) is 5.06. The number of carbonyl (C=O) groups is 1. The molecule has 6 rings (SSSR count). The Balaban J connectivity index is 1.29. The molecule has 2 aliphatic rings. The topological polar surface area (TPSA) is 135 Å². The van der Waals surface area contributed by atoms with Crippen LogP contribution >= 0.6 is 11.6 Å². The number of nitrogens with one attached hydrogen (secondary N) is 3. The number of hydrogen-bond donors (Lipinski definition) is 3. The molecule has 3 heterocycles. The fourth-order valence-electron chi connectivity index (χ4n) is 5.88. The number of amides is 1. The molecule has 0 unspecified atom stereocenters. The Kier molecular flexibility index (Phi) is 10.4. The van der Waals surface area contributed by atoms with E-state index in [0.29, 0.717) is 55.6 Å². The Morgan fingerprint density at radius 3 is 2.50 bits per heavy atom. The van der Waals surface area contributed by atoms with Gasteiger partial charge >= 0.3 is 0 Å². The number of carbonyl (C=O) groups excluding carboxylic acids is 1. The van der Waals surface area contributed by atoms with Crippen LogP contribution in [0.15, 0.2) is 72.4 Å². The third kappa shape index (κ3) is 7.87. The van der Waals surface area contributed by atoms with Gasteiger partial charge in [-0.3, -0.25) is 9.78 Å². The fraction of sp³-hybridized carbons (Fsp3) is 0.297. The lowest BCUT2D eigenvalue weighted by Crippen LogP contribution is -2.35. The van der Waals surface area contributed by atoms with Gasteiger partial charge in [0.05, 0.1) is 33.4 Å². The highest BCUT2D eigenvalue weighted by Gasteiger charge is 2.23. The summed E-state index contributed by atoms with van der Waals surface area (Å²) in [6.07, 6.45) is 6.58. The van der Waals surface area contributed by atoms with Crippen LogP contribution in [0.3, 0.4) is 0 Å². The first-order valence-corrected chi connectivity index (χ1v) is 16.4. The van der Waals surface area contributed by atoms with Crippen molar-refractivity contribution in [2.24, 2.45) is 0 Å². The molecule has 2 fully saturated rings. The van der Waals surface area contributed by atoms with Gasteiger partial charge in [0.15, 0.2) is 0 Å². The lowest BCUT2D eigenvalue weighted by Gasteiger charge is -2.30. The van der Waals surface area contributed by atoms with Crippen LogP contribution in [-0.2, 0) is 11.4 Å². The van der Waals surface area contributed by atoms with Crippen molar-refractivity contribution in [2.75, 3.05) is 43.9 Å². The summed E-state index contributed by atoms with van der Waals surface area (Å²) >= 11 is 6.62. The molecule has 2 saturated heterocycles. The molecule has 1 aromatic heterocycles. The predicted octanol–water partition coefficient (Wildman–Crippen LogP) is 6.68. The van der Waals surface area contributed by atoms with Gasteiger partial charge in [0.25, 0.3) is 0 Å². The largest absolute Gasteiger partial charge is 0.488 e. The van der Waals surface area contributed by atoms with Crippen LogP contribution in [0, 0.1) is 22.7 Å². The van der Waals surface area contributed by atoms with Crippen molar-refractivity contribution in [3.63, 3.8) is 0 Å². The van der Waals surface area contributed by atoms with Gasteiger partial charge in [-0.1, -0.05) is 29.3 Å². The number of nitrogens with zero attached hydrogens (tertiary/aromatic N) is 4. The molecule has 11 heteroatoms. The number of likely N-dealkylation sites (tertiary alicyclic amines) is 1. The van der Waals surface area contributed by atoms with Gasteiger partial charge in [-0.05, 0) is 93.8 Å². The molecule has 2 aliphatic heterocycles. The number of aromatic nitrogens is 1. The van der Waals surface area contributed by atoms with Crippen molar-refractivity contribution in [1.82, 2.24) is 15.2 Å². The van der Waals surface area contributed by atoms with Gasteiger partial charge in [-0.25, -0.2) is 0 Å².